The largest absolute Gasteiger partial charge is 0.466 e. The second kappa shape index (κ2) is 8.44. The van der Waals surface area contributed by atoms with E-state index in [4.69, 9.17) is 9.47 Å². The summed E-state index contributed by atoms with van der Waals surface area (Å²) in [6, 6.07) is 5.42. The van der Waals surface area contributed by atoms with Crippen LogP contribution in [0.2, 0.25) is 0 Å². The fraction of sp³-hybridized carbons (Fsp3) is 0.200. The number of rotatable bonds is 4. The molecule has 0 atom stereocenters. The summed E-state index contributed by atoms with van der Waals surface area (Å²) in [5.74, 6) is -5.53. The molecule has 1 aliphatic heterocycles. The van der Waals surface area contributed by atoms with Crippen molar-refractivity contribution in [2.45, 2.75) is 0 Å². The Bertz CT molecular complexity index is 1040. The Morgan fingerprint density at radius 1 is 0.833 bits per heavy atom. The molecule has 0 N–H and O–H groups in total. The van der Waals surface area contributed by atoms with Gasteiger partial charge in [-0.15, -0.1) is 0 Å². The van der Waals surface area contributed by atoms with Gasteiger partial charge in [0, 0.05) is 12.1 Å². The lowest BCUT2D eigenvalue weighted by atomic mass is 10.1. The monoisotopic (exact) mass is 424 g/mol. The minimum absolute atomic E-state index is 0.103. The maximum Gasteiger partial charge on any atom is 0.355 e. The molecule has 3 rings (SSSR count). The predicted molar refractivity (Wildman–Crippen MR) is 98.5 cm³/mol. The third-order valence-electron chi connectivity index (χ3n) is 4.48. The van der Waals surface area contributed by atoms with Crippen molar-refractivity contribution in [1.29, 1.82) is 0 Å². The minimum atomic E-state index is -1.03. The van der Waals surface area contributed by atoms with Crippen LogP contribution >= 0.6 is 0 Å². The minimum Gasteiger partial charge on any atom is -0.466 e. The van der Waals surface area contributed by atoms with Gasteiger partial charge in [-0.2, -0.15) is 0 Å². The number of carbonyl (C=O) groups excluding carboxylic acids is 2. The average molecular weight is 424 g/mol. The molecule has 0 aliphatic carbocycles. The van der Waals surface area contributed by atoms with E-state index in [1.165, 1.54) is 4.90 Å². The van der Waals surface area contributed by atoms with Crippen molar-refractivity contribution in [1.82, 2.24) is 0 Å². The number of ether oxygens (including phenoxy) is 2. The molecule has 30 heavy (non-hydrogen) atoms. The Morgan fingerprint density at radius 3 is 1.87 bits per heavy atom. The van der Waals surface area contributed by atoms with Crippen LogP contribution in [0.3, 0.4) is 0 Å². The summed E-state index contributed by atoms with van der Waals surface area (Å²) < 4.78 is 65.1. The van der Waals surface area contributed by atoms with Crippen LogP contribution in [0.4, 0.5) is 28.9 Å². The van der Waals surface area contributed by atoms with Gasteiger partial charge in [0.25, 0.3) is 0 Å². The van der Waals surface area contributed by atoms with Gasteiger partial charge in [0.1, 0.15) is 29.0 Å². The number of hydrogen-bond donors (Lipinski definition) is 0. The first kappa shape index (κ1) is 21.2. The van der Waals surface area contributed by atoms with E-state index in [2.05, 4.69) is 0 Å². The summed E-state index contributed by atoms with van der Waals surface area (Å²) >= 11 is 0. The topological polar surface area (TPSA) is 59.1 Å². The fourth-order valence-electron chi connectivity index (χ4n) is 3.13. The van der Waals surface area contributed by atoms with E-state index in [-0.39, 0.29) is 35.9 Å². The molecule has 0 fully saturated rings. The van der Waals surface area contributed by atoms with Crippen molar-refractivity contribution in [3.8, 4) is 0 Å². The molecule has 2 aromatic rings. The van der Waals surface area contributed by atoms with E-state index < -0.39 is 35.2 Å². The first-order valence-corrected chi connectivity index (χ1v) is 8.59. The number of methoxy groups -OCH3 is 2. The highest BCUT2D eigenvalue weighted by Gasteiger charge is 2.37. The number of benzene rings is 2. The van der Waals surface area contributed by atoms with Gasteiger partial charge in [-0.05, 0) is 24.3 Å². The van der Waals surface area contributed by atoms with Gasteiger partial charge in [0.2, 0.25) is 0 Å². The highest BCUT2D eigenvalue weighted by atomic mass is 19.1. The SMILES string of the molecule is COC(=O)C1=C(C(=O)OC)N(c2ccc(F)cc2F)CN(c2ccc(F)cc2F)C1. The number of nitrogens with zero attached hydrogens (tertiary/aromatic N) is 2. The molecule has 0 aromatic heterocycles. The van der Waals surface area contributed by atoms with E-state index in [0.717, 1.165) is 43.4 Å². The van der Waals surface area contributed by atoms with Gasteiger partial charge >= 0.3 is 11.9 Å². The van der Waals surface area contributed by atoms with Crippen LogP contribution < -0.4 is 9.80 Å². The van der Waals surface area contributed by atoms with E-state index in [1.807, 2.05) is 0 Å². The molecule has 0 bridgehead atoms. The third-order valence-corrected chi connectivity index (χ3v) is 4.48. The van der Waals surface area contributed by atoms with Gasteiger partial charge in [-0.3, -0.25) is 0 Å². The van der Waals surface area contributed by atoms with Crippen molar-refractivity contribution in [3.63, 3.8) is 0 Å². The molecule has 1 aliphatic rings. The molecule has 0 saturated carbocycles. The van der Waals surface area contributed by atoms with Gasteiger partial charge in [-0.25, -0.2) is 27.2 Å². The maximum absolute atomic E-state index is 14.5. The van der Waals surface area contributed by atoms with Crippen LogP contribution in [0.1, 0.15) is 0 Å². The lowest BCUT2D eigenvalue weighted by Gasteiger charge is -2.39. The molecular weight excluding hydrogens is 408 g/mol. The van der Waals surface area contributed by atoms with Crippen molar-refractivity contribution in [3.05, 3.63) is 70.9 Å². The second-order valence-electron chi connectivity index (χ2n) is 6.27. The van der Waals surface area contributed by atoms with Gasteiger partial charge in [0.05, 0.1) is 44.4 Å². The number of esters is 2. The number of hydrogen-bond acceptors (Lipinski definition) is 6. The Hall–Kier alpha value is -3.56. The molecule has 2 aromatic carbocycles. The van der Waals surface area contributed by atoms with Crippen LogP contribution in [0.25, 0.3) is 0 Å². The Morgan fingerprint density at radius 2 is 1.37 bits per heavy atom. The quantitative estimate of drug-likeness (QED) is 0.555. The molecule has 10 heteroatoms. The zero-order valence-corrected chi connectivity index (χ0v) is 15.9. The highest BCUT2D eigenvalue weighted by molar-refractivity contribution is 6.04. The lowest BCUT2D eigenvalue weighted by Crippen LogP contribution is -2.48. The maximum atomic E-state index is 14.5. The number of anilines is 2. The Balaban J connectivity index is 2.21. The van der Waals surface area contributed by atoms with Crippen LogP contribution in [0.15, 0.2) is 47.7 Å². The molecule has 0 saturated heterocycles. The first-order chi connectivity index (χ1) is 14.3. The molecule has 6 nitrogen and oxygen atoms in total. The van der Waals surface area contributed by atoms with Gasteiger partial charge in [0.15, 0.2) is 0 Å². The van der Waals surface area contributed by atoms with E-state index in [9.17, 15) is 27.2 Å². The molecule has 0 unspecified atom stereocenters. The highest BCUT2D eigenvalue weighted by Crippen LogP contribution is 2.33. The zero-order valence-electron chi connectivity index (χ0n) is 15.9. The van der Waals surface area contributed by atoms with Gasteiger partial charge in [-0.1, -0.05) is 0 Å². The second-order valence-corrected chi connectivity index (χ2v) is 6.27. The normalized spacial score (nSPS) is 14.1. The van der Waals surface area contributed by atoms with Crippen LogP contribution in [-0.2, 0) is 19.1 Å². The molecule has 0 amide bonds. The summed E-state index contributed by atoms with van der Waals surface area (Å²) in [4.78, 5) is 27.1. The summed E-state index contributed by atoms with van der Waals surface area (Å²) in [6.45, 7) is -0.630. The molecule has 0 radical (unpaired) electrons. The van der Waals surface area contributed by atoms with Crippen LogP contribution in [0, 0.1) is 23.3 Å². The zero-order chi connectivity index (χ0) is 22.0. The first-order valence-electron chi connectivity index (χ1n) is 8.59. The van der Waals surface area contributed by atoms with Crippen molar-refractivity contribution < 1.29 is 36.6 Å². The molecule has 0 spiro atoms. The average Bonchev–Trinajstić information content (AvgIpc) is 2.71. The summed E-state index contributed by atoms with van der Waals surface area (Å²) in [7, 11) is 2.14. The van der Waals surface area contributed by atoms with Crippen molar-refractivity contribution in [2.75, 3.05) is 37.2 Å². The molecular formula is C20H16F4N2O4. The van der Waals surface area contributed by atoms with E-state index >= 15 is 0 Å². The predicted octanol–water partition coefficient (Wildman–Crippen LogP) is 3.13. The number of halogens is 4. The summed E-state index contributed by atoms with van der Waals surface area (Å²) in [5.41, 5.74) is -0.948. The van der Waals surface area contributed by atoms with Gasteiger partial charge < -0.3 is 19.3 Å². The van der Waals surface area contributed by atoms with Crippen molar-refractivity contribution >= 4 is 23.3 Å². The van der Waals surface area contributed by atoms with Crippen LogP contribution in [-0.4, -0.2) is 39.4 Å². The Labute approximate surface area is 168 Å². The standard InChI is InChI=1S/C20H16F4N2O4/c1-29-19(27)13-9-25(16-5-3-11(21)7-14(16)23)10-26(18(13)20(28)30-2)17-6-4-12(22)8-15(17)24/h3-8H,9-10H2,1-2H3. The summed E-state index contributed by atoms with van der Waals surface area (Å²) in [6.07, 6.45) is 0. The lowest BCUT2D eigenvalue weighted by molar-refractivity contribution is -0.139. The van der Waals surface area contributed by atoms with Crippen molar-refractivity contribution in [2.24, 2.45) is 0 Å². The molecule has 158 valence electrons. The van der Waals surface area contributed by atoms with Crippen LogP contribution in [0.5, 0.6) is 0 Å². The summed E-state index contributed by atoms with van der Waals surface area (Å²) in [5, 5.41) is 0. The fourth-order valence-corrected chi connectivity index (χ4v) is 3.13. The Kier molecular flexibility index (Phi) is 5.95. The third kappa shape index (κ3) is 3.93. The van der Waals surface area contributed by atoms with E-state index in [0.29, 0.717) is 12.1 Å². The number of carbonyl (C=O) groups is 2. The molecule has 1 heterocycles. The smallest absolute Gasteiger partial charge is 0.355 e. The van der Waals surface area contributed by atoms with E-state index in [1.54, 1.807) is 0 Å².